The molecule has 0 spiro atoms. The minimum atomic E-state index is -0.0823. The van der Waals surface area contributed by atoms with Crippen LogP contribution in [0.1, 0.15) is 41.1 Å². The van der Waals surface area contributed by atoms with Gasteiger partial charge in [0, 0.05) is 43.3 Å². The van der Waals surface area contributed by atoms with E-state index in [9.17, 15) is 4.79 Å². The summed E-state index contributed by atoms with van der Waals surface area (Å²) in [6.45, 7) is 4.59. The van der Waals surface area contributed by atoms with Crippen LogP contribution in [0.3, 0.4) is 0 Å². The molecule has 1 amide bonds. The zero-order valence-corrected chi connectivity index (χ0v) is 18.8. The number of carbonyl (C=O) groups excluding carboxylic acids is 1. The second-order valence-electron chi connectivity index (χ2n) is 7.89. The quantitative estimate of drug-likeness (QED) is 0.575. The fourth-order valence-electron chi connectivity index (χ4n) is 4.05. The third-order valence-corrected chi connectivity index (χ3v) is 6.26. The predicted octanol–water partition coefficient (Wildman–Crippen LogP) is 4.04. The number of aryl methyl sites for hydroxylation is 2. The molecule has 1 fully saturated rings. The molecular formula is C24H27N5OS. The van der Waals surface area contributed by atoms with E-state index in [1.807, 2.05) is 49.4 Å². The lowest BCUT2D eigenvalue weighted by Crippen LogP contribution is -2.33. The fraction of sp³-hybridized carbons (Fsp3) is 0.292. The molecule has 0 aliphatic carbocycles. The summed E-state index contributed by atoms with van der Waals surface area (Å²) in [6, 6.07) is 17.8. The normalized spacial score (nSPS) is 18.2. The summed E-state index contributed by atoms with van der Waals surface area (Å²) in [4.78, 5) is 19.4. The number of aromatic nitrogens is 2. The monoisotopic (exact) mass is 433 g/mol. The Bertz CT molecular complexity index is 1090. The smallest absolute Gasteiger partial charge is 0.226 e. The van der Waals surface area contributed by atoms with Crippen LogP contribution in [-0.2, 0) is 11.8 Å². The Morgan fingerprint density at radius 1 is 1.13 bits per heavy atom. The molecule has 4 rings (SSSR count). The molecular weight excluding hydrogens is 406 g/mol. The van der Waals surface area contributed by atoms with Crippen LogP contribution < -0.4 is 10.6 Å². The Kier molecular flexibility index (Phi) is 6.04. The highest BCUT2D eigenvalue weighted by molar-refractivity contribution is 7.80. The first-order valence-corrected chi connectivity index (χ1v) is 10.8. The lowest BCUT2D eigenvalue weighted by Gasteiger charge is -2.28. The summed E-state index contributed by atoms with van der Waals surface area (Å²) >= 11 is 5.69. The molecule has 2 aromatic heterocycles. The third kappa shape index (κ3) is 4.32. The minimum Gasteiger partial charge on any atom is -0.352 e. The first-order chi connectivity index (χ1) is 15.0. The average Bonchev–Trinajstić information content (AvgIpc) is 3.27. The summed E-state index contributed by atoms with van der Waals surface area (Å²) in [5.74, 6) is -0.0276. The largest absolute Gasteiger partial charge is 0.352 e. The predicted molar refractivity (Wildman–Crippen MR) is 127 cm³/mol. The molecule has 31 heavy (non-hydrogen) atoms. The van der Waals surface area contributed by atoms with Crippen molar-refractivity contribution in [1.29, 1.82) is 0 Å². The summed E-state index contributed by atoms with van der Waals surface area (Å²) in [6.07, 6.45) is 2.14. The van der Waals surface area contributed by atoms with Crippen molar-refractivity contribution in [3.8, 4) is 0 Å². The first kappa shape index (κ1) is 21.1. The molecule has 0 radical (unpaired) electrons. The van der Waals surface area contributed by atoms with Crippen LogP contribution in [0.25, 0.3) is 0 Å². The first-order valence-electron chi connectivity index (χ1n) is 10.4. The number of hydrogen-bond donors (Lipinski definition) is 2. The maximum Gasteiger partial charge on any atom is 0.226 e. The van der Waals surface area contributed by atoms with Gasteiger partial charge in [0.05, 0.1) is 17.8 Å². The van der Waals surface area contributed by atoms with Gasteiger partial charge in [-0.3, -0.25) is 9.78 Å². The van der Waals surface area contributed by atoms with Gasteiger partial charge >= 0.3 is 0 Å². The van der Waals surface area contributed by atoms with Gasteiger partial charge in [-0.05, 0) is 62.0 Å². The highest BCUT2D eigenvalue weighted by Crippen LogP contribution is 2.39. The summed E-state index contributed by atoms with van der Waals surface area (Å²) in [7, 11) is 2.06. The van der Waals surface area contributed by atoms with Crippen molar-refractivity contribution in [2.45, 2.75) is 32.4 Å². The van der Waals surface area contributed by atoms with E-state index in [1.165, 1.54) is 5.69 Å². The zero-order chi connectivity index (χ0) is 22.0. The SMILES string of the molecule is Cc1ccccc1NC(=O)CCN1C(=S)N[C@@H](c2ccccn2)[C@@H]1c1ccc(C)n1C. The molecule has 3 heterocycles. The highest BCUT2D eigenvalue weighted by Gasteiger charge is 2.41. The number of benzene rings is 1. The topological polar surface area (TPSA) is 62.2 Å². The highest BCUT2D eigenvalue weighted by atomic mass is 32.1. The molecule has 1 aromatic carbocycles. The number of nitrogens with one attached hydrogen (secondary N) is 2. The standard InChI is InChI=1S/C24H27N5OS/c1-16-8-4-5-9-18(16)26-21(30)13-15-29-23(20-12-11-17(2)28(20)3)22(27-24(29)31)19-10-6-7-14-25-19/h4-12,14,22-23H,13,15H2,1-3H3,(H,26,30)(H,27,31)/t22-,23-/m0/s1. The van der Waals surface area contributed by atoms with E-state index >= 15 is 0 Å². The zero-order valence-electron chi connectivity index (χ0n) is 18.0. The lowest BCUT2D eigenvalue weighted by atomic mass is 10.0. The van der Waals surface area contributed by atoms with Crippen LogP contribution in [0.5, 0.6) is 0 Å². The van der Waals surface area contributed by atoms with Gasteiger partial charge in [-0.1, -0.05) is 24.3 Å². The van der Waals surface area contributed by atoms with Crippen LogP contribution in [0.4, 0.5) is 5.69 Å². The van der Waals surface area contributed by atoms with E-state index in [2.05, 4.69) is 51.2 Å². The van der Waals surface area contributed by atoms with Crippen molar-refractivity contribution in [1.82, 2.24) is 19.8 Å². The Balaban J connectivity index is 1.56. The Labute approximate surface area is 188 Å². The number of amides is 1. The number of rotatable bonds is 6. The molecule has 160 valence electrons. The summed E-state index contributed by atoms with van der Waals surface area (Å²) < 4.78 is 2.18. The number of nitrogens with zero attached hydrogens (tertiary/aromatic N) is 3. The second-order valence-corrected chi connectivity index (χ2v) is 8.28. The molecule has 2 atom stereocenters. The maximum atomic E-state index is 12.7. The van der Waals surface area contributed by atoms with Crippen molar-refractivity contribution in [3.63, 3.8) is 0 Å². The molecule has 0 saturated carbocycles. The maximum absolute atomic E-state index is 12.7. The Morgan fingerprint density at radius 2 is 1.90 bits per heavy atom. The summed E-state index contributed by atoms with van der Waals surface area (Å²) in [5.41, 5.74) is 5.13. The molecule has 1 saturated heterocycles. The van der Waals surface area contributed by atoms with Gasteiger partial charge in [-0.2, -0.15) is 0 Å². The van der Waals surface area contributed by atoms with Crippen molar-refractivity contribution in [3.05, 3.63) is 83.4 Å². The van der Waals surface area contributed by atoms with Crippen LogP contribution in [0, 0.1) is 13.8 Å². The number of anilines is 1. The molecule has 0 bridgehead atoms. The van der Waals surface area contributed by atoms with E-state index in [0.29, 0.717) is 18.1 Å². The molecule has 3 aromatic rings. The Hall–Kier alpha value is -3.19. The number of carbonyl (C=O) groups is 1. The average molecular weight is 434 g/mol. The third-order valence-electron chi connectivity index (χ3n) is 5.91. The number of hydrogen-bond acceptors (Lipinski definition) is 3. The van der Waals surface area contributed by atoms with Crippen molar-refractivity contribution < 1.29 is 4.79 Å². The number of thiocarbonyl (C=S) groups is 1. The van der Waals surface area contributed by atoms with Crippen molar-refractivity contribution >= 4 is 28.9 Å². The van der Waals surface area contributed by atoms with Gasteiger partial charge in [0.25, 0.3) is 0 Å². The van der Waals surface area contributed by atoms with E-state index in [4.69, 9.17) is 12.2 Å². The van der Waals surface area contributed by atoms with E-state index in [0.717, 1.165) is 22.6 Å². The lowest BCUT2D eigenvalue weighted by molar-refractivity contribution is -0.116. The Morgan fingerprint density at radius 3 is 2.58 bits per heavy atom. The van der Waals surface area contributed by atoms with Crippen LogP contribution in [-0.4, -0.2) is 32.0 Å². The van der Waals surface area contributed by atoms with Crippen molar-refractivity contribution in [2.75, 3.05) is 11.9 Å². The van der Waals surface area contributed by atoms with Gasteiger partial charge in [0.1, 0.15) is 0 Å². The summed E-state index contributed by atoms with van der Waals surface area (Å²) in [5, 5.41) is 7.09. The van der Waals surface area contributed by atoms with Crippen LogP contribution in [0.2, 0.25) is 0 Å². The van der Waals surface area contributed by atoms with Crippen molar-refractivity contribution in [2.24, 2.45) is 7.05 Å². The van der Waals surface area contributed by atoms with E-state index in [1.54, 1.807) is 6.20 Å². The van der Waals surface area contributed by atoms with Gasteiger partial charge in [-0.25, -0.2) is 0 Å². The van der Waals surface area contributed by atoms with Gasteiger partial charge in [0.2, 0.25) is 5.91 Å². The van der Waals surface area contributed by atoms with Gasteiger partial charge in [-0.15, -0.1) is 0 Å². The van der Waals surface area contributed by atoms with Crippen LogP contribution >= 0.6 is 12.2 Å². The van der Waals surface area contributed by atoms with Gasteiger partial charge < -0.3 is 20.1 Å². The number of para-hydroxylation sites is 1. The van der Waals surface area contributed by atoms with E-state index < -0.39 is 0 Å². The molecule has 2 N–H and O–H groups in total. The minimum absolute atomic E-state index is 0.0276. The number of pyridine rings is 1. The molecule has 6 nitrogen and oxygen atoms in total. The van der Waals surface area contributed by atoms with Crippen LogP contribution in [0.15, 0.2) is 60.8 Å². The molecule has 0 unspecified atom stereocenters. The molecule has 1 aliphatic rings. The van der Waals surface area contributed by atoms with E-state index in [-0.39, 0.29) is 18.0 Å². The fourth-order valence-corrected chi connectivity index (χ4v) is 4.38. The molecule has 7 heteroatoms. The molecule has 1 aliphatic heterocycles. The second kappa shape index (κ2) is 8.89. The van der Waals surface area contributed by atoms with Gasteiger partial charge in [0.15, 0.2) is 5.11 Å².